The lowest BCUT2D eigenvalue weighted by Gasteiger charge is -1.79. The Bertz CT molecular complexity index is 429. The van der Waals surface area contributed by atoms with Gasteiger partial charge < -0.3 is 15.3 Å². The molecule has 0 amide bonds. The summed E-state index contributed by atoms with van der Waals surface area (Å²) < 4.78 is 0. The van der Waals surface area contributed by atoms with Crippen LogP contribution in [-0.2, 0) is 14.4 Å². The van der Waals surface area contributed by atoms with Gasteiger partial charge in [-0.15, -0.1) is 197 Å². The van der Waals surface area contributed by atoms with Crippen molar-refractivity contribution >= 4 is 17.9 Å². The van der Waals surface area contributed by atoms with Crippen LogP contribution in [0.25, 0.3) is 0 Å². The average Bonchev–Trinajstić information content (AvgIpc) is 3.20. The maximum atomic E-state index is 9.60. The Hall–Kier alpha value is -6.27. The van der Waals surface area contributed by atoms with Gasteiger partial charge in [-0.25, -0.2) is 14.4 Å². The molecule has 0 radical (unpaired) electrons. The molecule has 0 heterocycles. The Morgan fingerprint density at radius 3 is 0.271 bits per heavy atom. The number of rotatable bonds is 3. The lowest BCUT2D eigenvalue weighted by Crippen LogP contribution is -1.92. The predicted octanol–water partition coefficient (Wildman–Crippen LogP) is 14.0. The Morgan fingerprint density at radius 1 is 0.250 bits per heavy atom. The summed E-state index contributed by atoms with van der Waals surface area (Å²) in [5.74, 6) is -2.81. The van der Waals surface area contributed by atoms with Gasteiger partial charge in [-0.2, -0.15) is 0 Å². The topological polar surface area (TPSA) is 112 Å². The Labute approximate surface area is 301 Å². The lowest BCUT2D eigenvalue weighted by atomic mass is 10.4. The molecule has 0 bridgehead atoms. The summed E-state index contributed by atoms with van der Waals surface area (Å²) >= 11 is 0. The summed E-state index contributed by atoms with van der Waals surface area (Å²) in [6.07, 6.45) is 0. The van der Waals surface area contributed by atoms with Crippen LogP contribution in [0.4, 0.5) is 0 Å². The van der Waals surface area contributed by atoms with E-state index < -0.39 is 17.9 Å². The van der Waals surface area contributed by atoms with Crippen molar-refractivity contribution in [1.82, 2.24) is 0 Å². The van der Waals surface area contributed by atoms with Crippen LogP contribution in [0, 0.1) is 0 Å². The normalized spacial score (nSPS) is 4.06. The average molecular weight is 679 g/mol. The van der Waals surface area contributed by atoms with E-state index in [2.05, 4.69) is 217 Å². The fraction of sp³-hybridized carbons (Fsp3) is 0.0714. The molecule has 0 saturated heterocycles. The summed E-state index contributed by atoms with van der Waals surface area (Å²) in [6.45, 7) is 104. The number of aliphatic carboxylic acids is 3. The van der Waals surface area contributed by atoms with Crippen molar-refractivity contribution in [2.24, 2.45) is 0 Å². The molecule has 282 valence electrons. The van der Waals surface area contributed by atoms with Crippen molar-refractivity contribution < 1.29 is 29.7 Å². The van der Waals surface area contributed by atoms with Crippen molar-refractivity contribution in [2.75, 3.05) is 0 Å². The minimum absolute atomic E-state index is 0.176. The molecule has 0 aliphatic rings. The van der Waals surface area contributed by atoms with Crippen LogP contribution in [0.15, 0.2) is 234 Å². The fourth-order valence-corrected chi connectivity index (χ4v) is 0. The van der Waals surface area contributed by atoms with Crippen molar-refractivity contribution in [3.8, 4) is 0 Å². The van der Waals surface area contributed by atoms with Gasteiger partial charge >= 0.3 is 17.9 Å². The van der Waals surface area contributed by atoms with E-state index in [1.165, 1.54) is 20.8 Å². The van der Waals surface area contributed by atoms with Crippen molar-refractivity contribution in [3.63, 3.8) is 0 Å². The van der Waals surface area contributed by atoms with E-state index in [-0.39, 0.29) is 16.7 Å². The molecule has 48 heavy (non-hydrogen) atoms. The standard InChI is InChI=1S/3C4H6O2.15C2H4/c3*1-3(2)4(5)6;15*1-2/h3*1H2,2H3,(H,5,6);15*1-2H2. The third-order valence-corrected chi connectivity index (χ3v) is 1.10. The Morgan fingerprint density at radius 2 is 0.271 bits per heavy atom. The van der Waals surface area contributed by atoms with Gasteiger partial charge in [-0.05, 0) is 20.8 Å². The summed E-state index contributed by atoms with van der Waals surface area (Å²) in [7, 11) is 0. The van der Waals surface area contributed by atoms with Crippen LogP contribution in [0.5, 0.6) is 0 Å². The third-order valence-electron chi connectivity index (χ3n) is 1.10. The second-order valence-corrected chi connectivity index (χ2v) is 3.26. The molecule has 0 unspecified atom stereocenters. The molecular formula is C42H78O6. The molecule has 0 fully saturated rings. The first kappa shape index (κ1) is 123. The molecular weight excluding hydrogens is 600 g/mol. The molecule has 0 aliphatic heterocycles. The molecule has 0 aromatic rings. The van der Waals surface area contributed by atoms with Crippen molar-refractivity contribution in [1.29, 1.82) is 0 Å². The fourth-order valence-electron chi connectivity index (χ4n) is 0. The van der Waals surface area contributed by atoms with Gasteiger partial charge in [0.15, 0.2) is 0 Å². The minimum Gasteiger partial charge on any atom is -0.478 e. The van der Waals surface area contributed by atoms with Gasteiger partial charge in [0.25, 0.3) is 0 Å². The van der Waals surface area contributed by atoms with Crippen molar-refractivity contribution in [3.05, 3.63) is 234 Å². The highest BCUT2D eigenvalue weighted by Crippen LogP contribution is 1.82. The van der Waals surface area contributed by atoms with Gasteiger partial charge in [-0.1, -0.05) is 19.7 Å². The van der Waals surface area contributed by atoms with E-state index in [1.54, 1.807) is 0 Å². The highest BCUT2D eigenvalue weighted by atomic mass is 16.4. The zero-order valence-electron chi connectivity index (χ0n) is 31.9. The molecule has 6 nitrogen and oxygen atoms in total. The summed E-state index contributed by atoms with van der Waals surface area (Å²) in [5, 5.41) is 23.7. The molecule has 0 spiro atoms. The van der Waals surface area contributed by atoms with Crippen LogP contribution >= 0.6 is 0 Å². The molecule has 0 aromatic heterocycles. The molecule has 6 heteroatoms. The summed E-state index contributed by atoms with van der Waals surface area (Å²) in [5.41, 5.74) is 0.528. The second kappa shape index (κ2) is 467. The first-order valence-electron chi connectivity index (χ1n) is 12.1. The van der Waals surface area contributed by atoms with E-state index in [1.807, 2.05) is 0 Å². The number of hydrogen-bond acceptors (Lipinski definition) is 3. The van der Waals surface area contributed by atoms with Gasteiger partial charge in [-0.3, -0.25) is 0 Å². The summed E-state index contributed by atoms with van der Waals surface area (Å²) in [4.78, 5) is 28.8. The predicted molar refractivity (Wildman–Crippen MR) is 236 cm³/mol. The molecule has 3 N–H and O–H groups in total. The van der Waals surface area contributed by atoms with E-state index in [4.69, 9.17) is 15.3 Å². The SMILES string of the molecule is C=C.C=C.C=C.C=C.C=C.C=C.C=C.C=C.C=C.C=C.C=C.C=C.C=C.C=C.C=C.C=C(C)C(=O)O.C=C(C)C(=O)O.C=C(C)C(=O)O. The number of carboxylic acid groups (broad SMARTS) is 3. The maximum Gasteiger partial charge on any atom is 0.330 e. The zero-order valence-corrected chi connectivity index (χ0v) is 31.9. The molecule has 0 aromatic carbocycles. The minimum atomic E-state index is -0.935. The van der Waals surface area contributed by atoms with Crippen LogP contribution in [0.1, 0.15) is 20.8 Å². The first-order chi connectivity index (χ1) is 22.9. The van der Waals surface area contributed by atoms with Gasteiger partial charge in [0.05, 0.1) is 0 Å². The van der Waals surface area contributed by atoms with E-state index in [9.17, 15) is 14.4 Å². The molecule has 0 aliphatic carbocycles. The van der Waals surface area contributed by atoms with Crippen LogP contribution < -0.4 is 0 Å². The lowest BCUT2D eigenvalue weighted by molar-refractivity contribution is -0.133. The number of hydrogen-bond donors (Lipinski definition) is 3. The largest absolute Gasteiger partial charge is 0.478 e. The first-order valence-corrected chi connectivity index (χ1v) is 12.1. The second-order valence-electron chi connectivity index (χ2n) is 3.26. The maximum absolute atomic E-state index is 9.60. The number of carboxylic acids is 3. The van der Waals surface area contributed by atoms with Crippen LogP contribution in [-0.4, -0.2) is 33.2 Å². The number of carbonyl (C=O) groups is 3. The Balaban J connectivity index is -0.0000000128. The van der Waals surface area contributed by atoms with Crippen LogP contribution in [0.3, 0.4) is 0 Å². The smallest absolute Gasteiger partial charge is 0.330 e. The highest BCUT2D eigenvalue weighted by molar-refractivity contribution is 5.85. The van der Waals surface area contributed by atoms with Gasteiger partial charge in [0.2, 0.25) is 0 Å². The summed E-state index contributed by atoms with van der Waals surface area (Å²) in [6, 6.07) is 0. The van der Waals surface area contributed by atoms with Crippen LogP contribution in [0.2, 0.25) is 0 Å². The van der Waals surface area contributed by atoms with Gasteiger partial charge in [0, 0.05) is 16.7 Å². The van der Waals surface area contributed by atoms with Gasteiger partial charge in [0.1, 0.15) is 0 Å². The third kappa shape index (κ3) is 1820. The zero-order chi connectivity index (χ0) is 45.5. The van der Waals surface area contributed by atoms with Crippen molar-refractivity contribution in [2.45, 2.75) is 20.8 Å². The molecule has 0 atom stereocenters. The molecule has 0 rings (SSSR count). The quantitative estimate of drug-likeness (QED) is 0.202. The van der Waals surface area contributed by atoms with E-state index >= 15 is 0 Å². The molecule has 0 saturated carbocycles. The monoisotopic (exact) mass is 679 g/mol. The van der Waals surface area contributed by atoms with E-state index in [0.717, 1.165) is 0 Å². The highest BCUT2D eigenvalue weighted by Gasteiger charge is 1.91. The van der Waals surface area contributed by atoms with E-state index in [0.29, 0.717) is 0 Å². The Kier molecular flexibility index (Phi) is 1200.